The molecule has 0 radical (unpaired) electrons. The lowest BCUT2D eigenvalue weighted by atomic mass is 9.98. The summed E-state index contributed by atoms with van der Waals surface area (Å²) in [6.07, 6.45) is -0.415. The molecule has 8 heteroatoms. The van der Waals surface area contributed by atoms with Gasteiger partial charge in [-0.05, 0) is 31.0 Å². The number of likely N-dealkylation sites (tertiary alicyclic amines) is 1. The van der Waals surface area contributed by atoms with Crippen LogP contribution in [0.5, 0.6) is 0 Å². The van der Waals surface area contributed by atoms with Gasteiger partial charge in [0.25, 0.3) is 0 Å². The number of carbonyl (C=O) groups excluding carboxylic acids is 3. The molecule has 27 heavy (non-hydrogen) atoms. The van der Waals surface area contributed by atoms with Crippen molar-refractivity contribution in [2.45, 2.75) is 32.3 Å². The molecule has 3 amide bonds. The van der Waals surface area contributed by atoms with Gasteiger partial charge in [-0.2, -0.15) is 0 Å². The molecular weight excluding hydrogens is 350 g/mol. The Morgan fingerprint density at radius 2 is 2.00 bits per heavy atom. The zero-order chi connectivity index (χ0) is 19.4. The van der Waals surface area contributed by atoms with Gasteiger partial charge in [-0.1, -0.05) is 12.1 Å². The lowest BCUT2D eigenvalue weighted by Crippen LogP contribution is -2.34. The third kappa shape index (κ3) is 4.50. The maximum Gasteiger partial charge on any atom is 0.414 e. The van der Waals surface area contributed by atoms with Gasteiger partial charge >= 0.3 is 12.2 Å². The van der Waals surface area contributed by atoms with Crippen molar-refractivity contribution >= 4 is 23.8 Å². The first-order valence-electron chi connectivity index (χ1n) is 9.22. The predicted molar refractivity (Wildman–Crippen MR) is 98.7 cm³/mol. The molecule has 0 spiro atoms. The van der Waals surface area contributed by atoms with Crippen LogP contribution in [-0.2, 0) is 14.3 Å². The van der Waals surface area contributed by atoms with Crippen LogP contribution in [0.25, 0.3) is 0 Å². The Balaban J connectivity index is 1.56. The molecule has 2 heterocycles. The van der Waals surface area contributed by atoms with Crippen molar-refractivity contribution in [3.8, 4) is 0 Å². The molecule has 1 aromatic rings. The molecule has 0 aliphatic carbocycles. The number of hydrogen-bond donors (Lipinski definition) is 1. The Labute approximate surface area is 158 Å². The Kier molecular flexibility index (Phi) is 5.83. The number of cyclic esters (lactones) is 1. The number of rotatable bonds is 5. The molecule has 2 aliphatic rings. The van der Waals surface area contributed by atoms with Crippen molar-refractivity contribution in [1.29, 1.82) is 0 Å². The maximum absolute atomic E-state index is 12.1. The minimum Gasteiger partial charge on any atom is -0.450 e. The average molecular weight is 375 g/mol. The van der Waals surface area contributed by atoms with E-state index in [0.29, 0.717) is 19.1 Å². The van der Waals surface area contributed by atoms with Crippen LogP contribution in [-0.4, -0.2) is 61.9 Å². The monoisotopic (exact) mass is 375 g/mol. The number of nitrogens with zero attached hydrogens (tertiary/aromatic N) is 2. The first-order valence-corrected chi connectivity index (χ1v) is 9.22. The molecule has 1 aromatic carbocycles. The number of amides is 3. The fourth-order valence-electron chi connectivity index (χ4n) is 3.46. The highest BCUT2D eigenvalue weighted by Gasteiger charge is 2.33. The Morgan fingerprint density at radius 3 is 2.63 bits per heavy atom. The highest BCUT2D eigenvalue weighted by atomic mass is 16.6. The molecule has 1 N–H and O–H groups in total. The lowest BCUT2D eigenvalue weighted by Gasteiger charge is -2.16. The summed E-state index contributed by atoms with van der Waals surface area (Å²) in [6, 6.07) is 7.80. The summed E-state index contributed by atoms with van der Waals surface area (Å²) < 4.78 is 10.1. The van der Waals surface area contributed by atoms with Gasteiger partial charge in [0.1, 0.15) is 6.10 Å². The minimum atomic E-state index is -0.521. The van der Waals surface area contributed by atoms with Gasteiger partial charge in [0.2, 0.25) is 5.91 Å². The van der Waals surface area contributed by atoms with Gasteiger partial charge in [-0.3, -0.25) is 9.69 Å². The second-order valence-corrected chi connectivity index (χ2v) is 6.76. The fourth-order valence-corrected chi connectivity index (χ4v) is 3.46. The van der Waals surface area contributed by atoms with Crippen molar-refractivity contribution in [3.63, 3.8) is 0 Å². The second-order valence-electron chi connectivity index (χ2n) is 6.76. The summed E-state index contributed by atoms with van der Waals surface area (Å²) in [5.74, 6) is 0.436. The summed E-state index contributed by atoms with van der Waals surface area (Å²) in [5, 5.41) is 2.58. The van der Waals surface area contributed by atoms with E-state index in [4.69, 9.17) is 9.47 Å². The van der Waals surface area contributed by atoms with Gasteiger partial charge in [-0.15, -0.1) is 0 Å². The number of alkyl carbamates (subject to hydrolysis) is 1. The van der Waals surface area contributed by atoms with Crippen LogP contribution >= 0.6 is 0 Å². The van der Waals surface area contributed by atoms with E-state index in [1.165, 1.54) is 0 Å². The van der Waals surface area contributed by atoms with Crippen LogP contribution in [0.1, 0.15) is 31.7 Å². The van der Waals surface area contributed by atoms with E-state index in [0.717, 1.165) is 30.8 Å². The van der Waals surface area contributed by atoms with E-state index in [-0.39, 0.29) is 12.5 Å². The van der Waals surface area contributed by atoms with Gasteiger partial charge in [-0.25, -0.2) is 9.59 Å². The third-order valence-corrected chi connectivity index (χ3v) is 4.93. The summed E-state index contributed by atoms with van der Waals surface area (Å²) in [5.41, 5.74) is 1.92. The van der Waals surface area contributed by atoms with E-state index in [1.807, 2.05) is 29.2 Å². The zero-order valence-electron chi connectivity index (χ0n) is 15.6. The number of benzene rings is 1. The molecule has 2 fully saturated rings. The van der Waals surface area contributed by atoms with Crippen molar-refractivity contribution in [2.24, 2.45) is 0 Å². The van der Waals surface area contributed by atoms with Gasteiger partial charge in [0.05, 0.1) is 19.7 Å². The van der Waals surface area contributed by atoms with Gasteiger partial charge in [0, 0.05) is 31.6 Å². The molecule has 1 unspecified atom stereocenters. The minimum absolute atomic E-state index is 0.108. The Bertz CT molecular complexity index is 706. The van der Waals surface area contributed by atoms with Gasteiger partial charge in [0.15, 0.2) is 0 Å². The average Bonchev–Trinajstić information content (AvgIpc) is 3.27. The zero-order valence-corrected chi connectivity index (χ0v) is 15.6. The largest absolute Gasteiger partial charge is 0.450 e. The second kappa shape index (κ2) is 8.28. The smallest absolute Gasteiger partial charge is 0.414 e. The molecule has 0 saturated carbocycles. The summed E-state index contributed by atoms with van der Waals surface area (Å²) in [4.78, 5) is 38.4. The van der Waals surface area contributed by atoms with Crippen LogP contribution in [0.3, 0.4) is 0 Å². The third-order valence-electron chi connectivity index (χ3n) is 4.93. The normalized spacial score (nSPS) is 21.9. The molecule has 3 rings (SSSR count). The van der Waals surface area contributed by atoms with Gasteiger partial charge < -0.3 is 19.7 Å². The summed E-state index contributed by atoms with van der Waals surface area (Å²) in [7, 11) is 0. The number of nitrogens with one attached hydrogen (secondary N) is 1. The molecule has 2 atom stereocenters. The fraction of sp³-hybridized carbons (Fsp3) is 0.526. The Morgan fingerprint density at radius 1 is 1.26 bits per heavy atom. The van der Waals surface area contributed by atoms with Crippen LogP contribution in [0.15, 0.2) is 24.3 Å². The van der Waals surface area contributed by atoms with Crippen molar-refractivity contribution in [3.05, 3.63) is 29.8 Å². The summed E-state index contributed by atoms with van der Waals surface area (Å²) >= 11 is 0. The molecule has 146 valence electrons. The number of ether oxygens (including phenoxy) is 2. The highest BCUT2D eigenvalue weighted by molar-refractivity contribution is 5.89. The molecule has 2 saturated heterocycles. The molecule has 8 nitrogen and oxygen atoms in total. The Hall–Kier alpha value is -2.77. The predicted octanol–water partition coefficient (Wildman–Crippen LogP) is 2.09. The van der Waals surface area contributed by atoms with Crippen molar-refractivity contribution in [1.82, 2.24) is 10.2 Å². The SMILES string of the molecule is CCOC(=O)NC[C@H]1CN(c2ccc(C3CCN(C(C)=O)C3)cc2)C(=O)O1. The molecule has 0 bridgehead atoms. The first-order chi connectivity index (χ1) is 13.0. The highest BCUT2D eigenvalue weighted by Crippen LogP contribution is 2.29. The van der Waals surface area contributed by atoms with E-state index in [2.05, 4.69) is 5.32 Å². The standard InChI is InChI=1S/C19H25N3O5/c1-3-26-18(24)20-10-17-12-22(19(25)27-17)16-6-4-14(5-7-16)15-8-9-21(11-15)13(2)23/h4-7,15,17H,3,8-12H2,1-2H3,(H,20,24)/t15?,17-/m0/s1. The molecule has 0 aromatic heterocycles. The topological polar surface area (TPSA) is 88.2 Å². The van der Waals surface area contributed by atoms with Crippen LogP contribution in [0, 0.1) is 0 Å². The quantitative estimate of drug-likeness (QED) is 0.851. The van der Waals surface area contributed by atoms with E-state index >= 15 is 0 Å². The van der Waals surface area contributed by atoms with Crippen molar-refractivity contribution < 1.29 is 23.9 Å². The number of anilines is 1. The number of hydrogen-bond acceptors (Lipinski definition) is 5. The van der Waals surface area contributed by atoms with Crippen LogP contribution in [0.4, 0.5) is 15.3 Å². The molecule has 2 aliphatic heterocycles. The van der Waals surface area contributed by atoms with E-state index in [9.17, 15) is 14.4 Å². The van der Waals surface area contributed by atoms with Crippen molar-refractivity contribution in [2.75, 3.05) is 37.7 Å². The van der Waals surface area contributed by atoms with E-state index in [1.54, 1.807) is 18.7 Å². The van der Waals surface area contributed by atoms with Crippen LogP contribution < -0.4 is 10.2 Å². The summed E-state index contributed by atoms with van der Waals surface area (Å²) in [6.45, 7) is 5.72. The molecular formula is C19H25N3O5. The van der Waals surface area contributed by atoms with Crippen LogP contribution in [0.2, 0.25) is 0 Å². The first kappa shape index (κ1) is 19.0. The number of carbonyl (C=O) groups is 3. The lowest BCUT2D eigenvalue weighted by molar-refractivity contribution is -0.127. The maximum atomic E-state index is 12.1. The van der Waals surface area contributed by atoms with E-state index < -0.39 is 18.3 Å².